The fraction of sp³-hybridized carbons (Fsp3) is 0.700. The van der Waals surface area contributed by atoms with E-state index in [1.165, 1.54) is 0 Å². The first-order valence-corrected chi connectivity index (χ1v) is 5.07. The van der Waals surface area contributed by atoms with Gasteiger partial charge < -0.3 is 10.5 Å². The number of anilines is 1. The van der Waals surface area contributed by atoms with Crippen molar-refractivity contribution >= 4 is 5.82 Å². The second kappa shape index (κ2) is 3.61. The van der Waals surface area contributed by atoms with Gasteiger partial charge in [-0.15, -0.1) is 0 Å². The lowest BCUT2D eigenvalue weighted by Gasteiger charge is -2.19. The van der Waals surface area contributed by atoms with Crippen LogP contribution in [0.2, 0.25) is 0 Å². The van der Waals surface area contributed by atoms with Crippen LogP contribution in [-0.4, -0.2) is 23.0 Å². The molecule has 0 saturated carbocycles. The number of nitrogens with two attached hydrogens (primary N) is 1. The summed E-state index contributed by atoms with van der Waals surface area (Å²) in [7, 11) is 0. The number of ether oxygens (including phenoxy) is 1. The number of aromatic nitrogens is 2. The monoisotopic (exact) mass is 195 g/mol. The molecular weight excluding hydrogens is 178 g/mol. The van der Waals surface area contributed by atoms with E-state index in [-0.39, 0.29) is 0 Å². The Hall–Kier alpha value is -1.03. The first kappa shape index (κ1) is 9.52. The van der Waals surface area contributed by atoms with E-state index in [1.54, 1.807) is 0 Å². The Morgan fingerprint density at radius 1 is 1.71 bits per heavy atom. The lowest BCUT2D eigenvalue weighted by molar-refractivity contribution is 0.173. The fourth-order valence-electron chi connectivity index (χ4n) is 1.92. The van der Waals surface area contributed by atoms with Gasteiger partial charge in [0, 0.05) is 18.1 Å². The van der Waals surface area contributed by atoms with Crippen molar-refractivity contribution in [3.63, 3.8) is 0 Å². The quantitative estimate of drug-likeness (QED) is 0.775. The number of hydrogen-bond acceptors (Lipinski definition) is 3. The highest BCUT2D eigenvalue weighted by atomic mass is 16.5. The minimum atomic E-state index is 0.339. The topological polar surface area (TPSA) is 53.1 Å². The standard InChI is InChI=1S/C10H17N3O/c1-7-5-12-13(10(7)11)8(2)9-3-4-14-6-9/h5,8-9H,3-4,6,11H2,1-2H3. The van der Waals surface area contributed by atoms with Crippen molar-refractivity contribution in [1.29, 1.82) is 0 Å². The van der Waals surface area contributed by atoms with Crippen LogP contribution in [0.3, 0.4) is 0 Å². The minimum Gasteiger partial charge on any atom is -0.384 e. The Kier molecular flexibility index (Phi) is 2.46. The van der Waals surface area contributed by atoms with Crippen LogP contribution >= 0.6 is 0 Å². The van der Waals surface area contributed by atoms with E-state index in [0.29, 0.717) is 12.0 Å². The normalized spacial score (nSPS) is 24.0. The molecule has 1 aromatic rings. The smallest absolute Gasteiger partial charge is 0.124 e. The third-order valence-corrected chi connectivity index (χ3v) is 3.06. The summed E-state index contributed by atoms with van der Waals surface area (Å²) in [5.74, 6) is 1.33. The molecule has 1 aromatic heterocycles. The Labute approximate surface area is 84.0 Å². The highest BCUT2D eigenvalue weighted by molar-refractivity contribution is 5.37. The lowest BCUT2D eigenvalue weighted by Crippen LogP contribution is -2.19. The molecule has 0 bridgehead atoms. The molecule has 0 spiro atoms. The van der Waals surface area contributed by atoms with Crippen molar-refractivity contribution in [1.82, 2.24) is 9.78 Å². The predicted molar refractivity (Wildman–Crippen MR) is 55.0 cm³/mol. The Bertz CT molecular complexity index is 315. The molecule has 0 aromatic carbocycles. The zero-order valence-electron chi connectivity index (χ0n) is 8.73. The molecule has 2 atom stereocenters. The molecule has 2 rings (SSSR count). The van der Waals surface area contributed by atoms with E-state index in [2.05, 4.69) is 12.0 Å². The van der Waals surface area contributed by atoms with Gasteiger partial charge in [0.15, 0.2) is 0 Å². The molecule has 0 radical (unpaired) electrons. The molecule has 2 unspecified atom stereocenters. The molecule has 2 N–H and O–H groups in total. The van der Waals surface area contributed by atoms with Crippen molar-refractivity contribution in [3.8, 4) is 0 Å². The largest absolute Gasteiger partial charge is 0.384 e. The van der Waals surface area contributed by atoms with E-state index >= 15 is 0 Å². The molecular formula is C10H17N3O. The molecule has 1 fully saturated rings. The number of hydrogen-bond donors (Lipinski definition) is 1. The molecule has 0 amide bonds. The number of nitrogens with zero attached hydrogens (tertiary/aromatic N) is 2. The maximum absolute atomic E-state index is 5.93. The first-order chi connectivity index (χ1) is 6.70. The first-order valence-electron chi connectivity index (χ1n) is 5.07. The van der Waals surface area contributed by atoms with Crippen LogP contribution < -0.4 is 5.73 Å². The Balaban J connectivity index is 2.17. The van der Waals surface area contributed by atoms with Crippen LogP contribution in [0.4, 0.5) is 5.82 Å². The van der Waals surface area contributed by atoms with Crippen LogP contribution in [-0.2, 0) is 4.74 Å². The van der Waals surface area contributed by atoms with Crippen LogP contribution in [0.1, 0.15) is 24.9 Å². The van der Waals surface area contributed by atoms with Gasteiger partial charge in [-0.05, 0) is 20.3 Å². The summed E-state index contributed by atoms with van der Waals surface area (Å²) >= 11 is 0. The lowest BCUT2D eigenvalue weighted by atomic mass is 10.0. The van der Waals surface area contributed by atoms with Crippen LogP contribution in [0.25, 0.3) is 0 Å². The van der Waals surface area contributed by atoms with Gasteiger partial charge in [0.25, 0.3) is 0 Å². The van der Waals surface area contributed by atoms with E-state index in [9.17, 15) is 0 Å². The van der Waals surface area contributed by atoms with Gasteiger partial charge in [-0.1, -0.05) is 0 Å². The maximum atomic E-state index is 5.93. The highest BCUT2D eigenvalue weighted by Crippen LogP contribution is 2.27. The number of aryl methyl sites for hydroxylation is 1. The molecule has 2 heterocycles. The Morgan fingerprint density at radius 2 is 2.50 bits per heavy atom. The number of nitrogen functional groups attached to an aromatic ring is 1. The molecule has 4 nitrogen and oxygen atoms in total. The molecule has 78 valence electrons. The summed E-state index contributed by atoms with van der Waals surface area (Å²) in [6.45, 7) is 5.84. The third-order valence-electron chi connectivity index (χ3n) is 3.06. The van der Waals surface area contributed by atoms with E-state index < -0.39 is 0 Å². The van der Waals surface area contributed by atoms with Gasteiger partial charge in [-0.25, -0.2) is 4.68 Å². The van der Waals surface area contributed by atoms with Crippen LogP contribution in [0.15, 0.2) is 6.20 Å². The summed E-state index contributed by atoms with van der Waals surface area (Å²) in [5.41, 5.74) is 6.98. The molecule has 0 aliphatic carbocycles. The van der Waals surface area contributed by atoms with E-state index in [4.69, 9.17) is 10.5 Å². The summed E-state index contributed by atoms with van der Waals surface area (Å²) in [6, 6.07) is 0.339. The Morgan fingerprint density at radius 3 is 3.00 bits per heavy atom. The van der Waals surface area contributed by atoms with Gasteiger partial charge in [0.1, 0.15) is 5.82 Å². The summed E-state index contributed by atoms with van der Waals surface area (Å²) in [6.07, 6.45) is 2.93. The van der Waals surface area contributed by atoms with Crippen molar-refractivity contribution < 1.29 is 4.74 Å². The van der Waals surface area contributed by atoms with E-state index in [0.717, 1.165) is 31.0 Å². The third kappa shape index (κ3) is 1.50. The van der Waals surface area contributed by atoms with Crippen LogP contribution in [0.5, 0.6) is 0 Å². The van der Waals surface area contributed by atoms with Gasteiger partial charge in [-0.3, -0.25) is 0 Å². The van der Waals surface area contributed by atoms with Gasteiger partial charge in [-0.2, -0.15) is 5.10 Å². The molecule has 4 heteroatoms. The number of rotatable bonds is 2. The zero-order valence-corrected chi connectivity index (χ0v) is 8.73. The second-order valence-electron chi connectivity index (χ2n) is 4.02. The fourth-order valence-corrected chi connectivity index (χ4v) is 1.92. The van der Waals surface area contributed by atoms with Gasteiger partial charge in [0.2, 0.25) is 0 Å². The predicted octanol–water partition coefficient (Wildman–Crippen LogP) is 1.37. The van der Waals surface area contributed by atoms with E-state index in [1.807, 2.05) is 17.8 Å². The average Bonchev–Trinajstić information content (AvgIpc) is 2.77. The van der Waals surface area contributed by atoms with Gasteiger partial charge in [0.05, 0.1) is 18.8 Å². The molecule has 1 saturated heterocycles. The summed E-state index contributed by atoms with van der Waals surface area (Å²) in [4.78, 5) is 0. The average molecular weight is 195 g/mol. The van der Waals surface area contributed by atoms with Crippen molar-refractivity contribution in [2.45, 2.75) is 26.3 Å². The van der Waals surface area contributed by atoms with Crippen molar-refractivity contribution in [3.05, 3.63) is 11.8 Å². The summed E-state index contributed by atoms with van der Waals surface area (Å²) < 4.78 is 7.28. The van der Waals surface area contributed by atoms with Crippen LogP contribution in [0, 0.1) is 12.8 Å². The maximum Gasteiger partial charge on any atom is 0.124 e. The molecule has 14 heavy (non-hydrogen) atoms. The van der Waals surface area contributed by atoms with Gasteiger partial charge >= 0.3 is 0 Å². The molecule has 1 aliphatic rings. The molecule has 1 aliphatic heterocycles. The second-order valence-corrected chi connectivity index (χ2v) is 4.02. The highest BCUT2D eigenvalue weighted by Gasteiger charge is 2.25. The summed E-state index contributed by atoms with van der Waals surface area (Å²) in [5, 5.41) is 4.30. The minimum absolute atomic E-state index is 0.339. The zero-order chi connectivity index (χ0) is 10.1. The van der Waals surface area contributed by atoms with Crippen molar-refractivity contribution in [2.24, 2.45) is 5.92 Å². The SMILES string of the molecule is Cc1cnn(C(C)C2CCOC2)c1N. The van der Waals surface area contributed by atoms with Crippen molar-refractivity contribution in [2.75, 3.05) is 18.9 Å².